The summed E-state index contributed by atoms with van der Waals surface area (Å²) in [5.74, 6) is -0.717. The molecule has 0 radical (unpaired) electrons. The van der Waals surface area contributed by atoms with Gasteiger partial charge in [0.1, 0.15) is 0 Å². The Labute approximate surface area is 134 Å². The third-order valence-electron chi connectivity index (χ3n) is 2.92. The predicted octanol–water partition coefficient (Wildman–Crippen LogP) is 4.25. The zero-order valence-electron chi connectivity index (χ0n) is 12.9. The van der Waals surface area contributed by atoms with Crippen molar-refractivity contribution < 1.29 is 9.53 Å². The van der Waals surface area contributed by atoms with Gasteiger partial charge in [0, 0.05) is 5.57 Å². The van der Waals surface area contributed by atoms with Crippen LogP contribution in [0.4, 0.5) is 11.4 Å². The minimum absolute atomic E-state index is 0.0743. The normalized spacial score (nSPS) is 10.5. The number of carbonyl (C=O) groups is 1. The average Bonchev–Trinajstić information content (AvgIpc) is 2.69. The van der Waals surface area contributed by atoms with Crippen LogP contribution < -0.4 is 10.2 Å². The third kappa shape index (κ3) is 4.71. The summed E-state index contributed by atoms with van der Waals surface area (Å²) in [7, 11) is 0. The maximum Gasteiger partial charge on any atom is 0.338 e. The van der Waals surface area contributed by atoms with Crippen LogP contribution in [0.5, 0.6) is 5.75 Å². The molecule has 23 heavy (non-hydrogen) atoms. The molecule has 0 fully saturated rings. The number of hydrogen-bond acceptors (Lipinski definition) is 5. The smallest absolute Gasteiger partial charge is 0.338 e. The fourth-order valence-corrected chi connectivity index (χ4v) is 1.61. The molecule has 0 heterocycles. The highest BCUT2D eigenvalue weighted by atomic mass is 16.5. The molecule has 0 amide bonds. The van der Waals surface area contributed by atoms with Gasteiger partial charge in [-0.25, -0.2) is 4.79 Å². The van der Waals surface area contributed by atoms with Gasteiger partial charge >= 0.3 is 5.97 Å². The highest BCUT2D eigenvalue weighted by molar-refractivity contribution is 5.88. The summed E-state index contributed by atoms with van der Waals surface area (Å²) >= 11 is 0. The fourth-order valence-electron chi connectivity index (χ4n) is 1.61. The van der Waals surface area contributed by atoms with Crippen LogP contribution in [0.2, 0.25) is 0 Å². The molecule has 5 nitrogen and oxygen atoms in total. The topological polar surface area (TPSA) is 68.1 Å². The molecule has 0 atom stereocenters. The van der Waals surface area contributed by atoms with Gasteiger partial charge in [-0.3, -0.25) is 4.79 Å². The molecule has 0 bridgehead atoms. The van der Waals surface area contributed by atoms with Gasteiger partial charge in [0.05, 0.1) is 11.4 Å². The number of hydrogen-bond donors (Lipinski definition) is 0. The summed E-state index contributed by atoms with van der Waals surface area (Å²) in [6.45, 7) is 6.97. The highest BCUT2D eigenvalue weighted by Crippen LogP contribution is 2.18. The molecule has 0 aliphatic rings. The molecule has 116 valence electrons. The van der Waals surface area contributed by atoms with Crippen LogP contribution in [-0.2, 0) is 4.79 Å². The number of carbonyl (C=O) groups excluding carboxylic acids is 1. The lowest BCUT2D eigenvalue weighted by atomic mass is 10.2. The van der Waals surface area contributed by atoms with Crippen molar-refractivity contribution in [2.75, 3.05) is 0 Å². The Balaban J connectivity index is 2.23. The molecule has 0 aromatic heterocycles. The van der Waals surface area contributed by atoms with E-state index in [1.165, 1.54) is 25.1 Å². The summed E-state index contributed by atoms with van der Waals surface area (Å²) in [5, 5.41) is 8.17. The second kappa shape index (κ2) is 7.26. The zero-order valence-corrected chi connectivity index (χ0v) is 12.9. The number of benzene rings is 1. The SMILES string of the molecule is C=C(C)C(=O)Oc1ccc(N=Nc2ccc(C)cc2)ccc1=O. The van der Waals surface area contributed by atoms with Gasteiger partial charge in [-0.15, -0.1) is 0 Å². The Hall–Kier alpha value is -3.08. The van der Waals surface area contributed by atoms with Crippen LogP contribution >= 0.6 is 0 Å². The van der Waals surface area contributed by atoms with Crippen molar-refractivity contribution >= 4 is 17.3 Å². The van der Waals surface area contributed by atoms with Crippen molar-refractivity contribution in [1.82, 2.24) is 0 Å². The maximum absolute atomic E-state index is 11.9. The Bertz CT molecular complexity index is 824. The molecular formula is C18H16N2O3. The predicted molar refractivity (Wildman–Crippen MR) is 88.5 cm³/mol. The van der Waals surface area contributed by atoms with E-state index in [1.807, 2.05) is 31.2 Å². The van der Waals surface area contributed by atoms with Gasteiger partial charge in [0.2, 0.25) is 5.43 Å². The second-order valence-corrected chi connectivity index (χ2v) is 5.03. The summed E-state index contributed by atoms with van der Waals surface area (Å²) in [6, 6.07) is 13.3. The van der Waals surface area contributed by atoms with E-state index in [0.717, 1.165) is 5.56 Å². The second-order valence-electron chi connectivity index (χ2n) is 5.03. The Kier molecular flexibility index (Phi) is 5.15. The van der Waals surface area contributed by atoms with Crippen molar-refractivity contribution in [3.8, 4) is 5.75 Å². The molecule has 0 saturated heterocycles. The quantitative estimate of drug-likeness (QED) is 0.481. The van der Waals surface area contributed by atoms with Crippen LogP contribution in [0.1, 0.15) is 12.5 Å². The van der Waals surface area contributed by atoms with E-state index >= 15 is 0 Å². The van der Waals surface area contributed by atoms with Gasteiger partial charge in [-0.2, -0.15) is 10.2 Å². The fraction of sp³-hybridized carbons (Fsp3) is 0.111. The lowest BCUT2D eigenvalue weighted by Gasteiger charge is -1.99. The first-order valence-electron chi connectivity index (χ1n) is 6.96. The van der Waals surface area contributed by atoms with Gasteiger partial charge in [-0.05, 0) is 50.2 Å². The van der Waals surface area contributed by atoms with Crippen LogP contribution in [-0.4, -0.2) is 5.97 Å². The molecule has 5 heteroatoms. The van der Waals surface area contributed by atoms with Crippen LogP contribution in [0, 0.1) is 6.92 Å². The first-order chi connectivity index (χ1) is 11.0. The van der Waals surface area contributed by atoms with E-state index in [0.29, 0.717) is 11.4 Å². The van der Waals surface area contributed by atoms with Gasteiger partial charge in [0.25, 0.3) is 0 Å². The molecule has 0 spiro atoms. The van der Waals surface area contributed by atoms with Crippen molar-refractivity contribution in [3.63, 3.8) is 0 Å². The van der Waals surface area contributed by atoms with Crippen molar-refractivity contribution in [3.05, 3.63) is 76.5 Å². The molecule has 0 N–H and O–H groups in total. The monoisotopic (exact) mass is 308 g/mol. The lowest BCUT2D eigenvalue weighted by molar-refractivity contribution is -0.130. The number of ether oxygens (including phenoxy) is 1. The van der Waals surface area contributed by atoms with Crippen LogP contribution in [0.25, 0.3) is 0 Å². The van der Waals surface area contributed by atoms with E-state index in [2.05, 4.69) is 16.8 Å². The van der Waals surface area contributed by atoms with Crippen molar-refractivity contribution in [2.24, 2.45) is 10.2 Å². The van der Waals surface area contributed by atoms with E-state index in [1.54, 1.807) is 6.07 Å². The third-order valence-corrected chi connectivity index (χ3v) is 2.92. The average molecular weight is 308 g/mol. The zero-order chi connectivity index (χ0) is 16.8. The number of aryl methyl sites for hydroxylation is 1. The molecule has 0 unspecified atom stereocenters. The molecule has 2 rings (SSSR count). The number of esters is 1. The summed E-state index contributed by atoms with van der Waals surface area (Å²) < 4.78 is 4.97. The molecule has 0 aliphatic heterocycles. The summed E-state index contributed by atoms with van der Waals surface area (Å²) in [4.78, 5) is 23.3. The number of azo groups is 1. The first-order valence-corrected chi connectivity index (χ1v) is 6.96. The van der Waals surface area contributed by atoms with E-state index < -0.39 is 11.4 Å². The number of nitrogens with zero attached hydrogens (tertiary/aromatic N) is 2. The van der Waals surface area contributed by atoms with Crippen molar-refractivity contribution in [2.45, 2.75) is 13.8 Å². The standard InChI is InChI=1S/C18H16N2O3/c1-12(2)18(22)23-17-11-9-15(8-10-16(17)21)20-19-14-6-4-13(3)5-7-14/h4-11H,1H2,2-3H3. The lowest BCUT2D eigenvalue weighted by Crippen LogP contribution is -2.13. The van der Waals surface area contributed by atoms with Gasteiger partial charge < -0.3 is 4.74 Å². The minimum atomic E-state index is -0.642. The Morgan fingerprint density at radius 1 is 0.957 bits per heavy atom. The van der Waals surface area contributed by atoms with Gasteiger partial charge in [-0.1, -0.05) is 24.3 Å². The maximum atomic E-state index is 11.9. The van der Waals surface area contributed by atoms with Crippen LogP contribution in [0.15, 0.2) is 75.7 Å². The summed E-state index contributed by atoms with van der Waals surface area (Å²) in [6.07, 6.45) is 0. The van der Waals surface area contributed by atoms with E-state index in [-0.39, 0.29) is 11.3 Å². The Morgan fingerprint density at radius 2 is 1.48 bits per heavy atom. The first kappa shape index (κ1) is 16.3. The van der Waals surface area contributed by atoms with E-state index in [4.69, 9.17) is 4.74 Å². The molecule has 0 saturated carbocycles. The van der Waals surface area contributed by atoms with Gasteiger partial charge in [0.15, 0.2) is 5.75 Å². The number of rotatable bonds is 4. The molecule has 0 aliphatic carbocycles. The molecule has 2 aromatic rings. The Morgan fingerprint density at radius 3 is 2.04 bits per heavy atom. The van der Waals surface area contributed by atoms with Crippen molar-refractivity contribution in [1.29, 1.82) is 0 Å². The molecule has 2 aromatic carbocycles. The van der Waals surface area contributed by atoms with Crippen LogP contribution in [0.3, 0.4) is 0 Å². The summed E-state index contributed by atoms with van der Waals surface area (Å²) in [5.41, 5.74) is 2.11. The van der Waals surface area contributed by atoms with E-state index in [9.17, 15) is 9.59 Å². The largest absolute Gasteiger partial charge is 0.419 e. The highest BCUT2D eigenvalue weighted by Gasteiger charge is 2.07. The minimum Gasteiger partial charge on any atom is -0.419 e. The molecular weight excluding hydrogens is 292 g/mol.